The Hall–Kier alpha value is -0.990. The van der Waals surface area contributed by atoms with Crippen LogP contribution < -0.4 is 10.6 Å². The number of allylic oxidation sites excluding steroid dienone is 2. The second kappa shape index (κ2) is 4.94. The Labute approximate surface area is 111 Å². The number of hydrogen-bond acceptors (Lipinski definition) is 3. The zero-order chi connectivity index (χ0) is 13.2. The van der Waals surface area contributed by atoms with Gasteiger partial charge in [0.1, 0.15) is 0 Å². The summed E-state index contributed by atoms with van der Waals surface area (Å²) >= 11 is 0. The minimum absolute atomic E-state index is 0.315. The molecule has 0 amide bonds. The fraction of sp³-hybridized carbons (Fsp3) is 0.800. The van der Waals surface area contributed by atoms with Gasteiger partial charge in [-0.15, -0.1) is 0 Å². The van der Waals surface area contributed by atoms with Crippen LogP contribution in [0.5, 0.6) is 0 Å². The Bertz CT molecular complexity index is 328. The molecule has 0 aromatic rings. The summed E-state index contributed by atoms with van der Waals surface area (Å²) in [5.41, 5.74) is 2.12. The summed E-state index contributed by atoms with van der Waals surface area (Å²) in [4.78, 5) is 4.65. The quantitative estimate of drug-likeness (QED) is 0.807. The van der Waals surface area contributed by atoms with Crippen LogP contribution in [0.25, 0.3) is 0 Å². The van der Waals surface area contributed by atoms with Crippen LogP contribution in [0.4, 0.5) is 0 Å². The summed E-state index contributed by atoms with van der Waals surface area (Å²) in [6, 6.07) is 0. The number of amidine groups is 1. The first kappa shape index (κ1) is 13.4. The normalized spacial score (nSPS) is 25.6. The van der Waals surface area contributed by atoms with Crippen molar-refractivity contribution >= 4 is 5.84 Å². The molecule has 0 fully saturated rings. The first-order chi connectivity index (χ1) is 8.36. The SMILES string of the molecule is CC1(C)CC=C(CCC2=NCC(C)(C)CN2)NC1. The first-order valence-corrected chi connectivity index (χ1v) is 7.07. The molecule has 2 aliphatic heterocycles. The van der Waals surface area contributed by atoms with Gasteiger partial charge >= 0.3 is 0 Å². The van der Waals surface area contributed by atoms with Crippen LogP contribution in [0, 0.1) is 10.8 Å². The molecule has 102 valence electrons. The van der Waals surface area contributed by atoms with Crippen LogP contribution in [0.2, 0.25) is 0 Å². The zero-order valence-electron chi connectivity index (χ0n) is 12.3. The average Bonchev–Trinajstić information content (AvgIpc) is 2.29. The summed E-state index contributed by atoms with van der Waals surface area (Å²) in [6.45, 7) is 12.2. The molecule has 2 N–H and O–H groups in total. The second-order valence-corrected chi connectivity index (χ2v) is 7.23. The van der Waals surface area contributed by atoms with Crippen molar-refractivity contribution in [1.29, 1.82) is 0 Å². The highest BCUT2D eigenvalue weighted by Gasteiger charge is 2.23. The molecule has 0 aromatic carbocycles. The molecule has 0 spiro atoms. The van der Waals surface area contributed by atoms with E-state index in [0.717, 1.165) is 32.5 Å². The number of hydrogen-bond donors (Lipinski definition) is 2. The molecule has 0 aromatic heterocycles. The fourth-order valence-electron chi connectivity index (χ4n) is 2.27. The molecule has 3 nitrogen and oxygen atoms in total. The van der Waals surface area contributed by atoms with Crippen molar-refractivity contribution in [3.05, 3.63) is 11.8 Å². The lowest BCUT2D eigenvalue weighted by atomic mass is 9.86. The third-order valence-corrected chi connectivity index (χ3v) is 3.80. The maximum atomic E-state index is 4.65. The van der Waals surface area contributed by atoms with Gasteiger partial charge in [-0.25, -0.2) is 0 Å². The Kier molecular flexibility index (Phi) is 3.69. The largest absolute Gasteiger partial charge is 0.388 e. The molecule has 2 rings (SSSR count). The van der Waals surface area contributed by atoms with E-state index >= 15 is 0 Å². The van der Waals surface area contributed by atoms with E-state index in [2.05, 4.69) is 49.4 Å². The summed E-state index contributed by atoms with van der Waals surface area (Å²) in [5, 5.41) is 7.00. The van der Waals surface area contributed by atoms with Gasteiger partial charge in [0.25, 0.3) is 0 Å². The van der Waals surface area contributed by atoms with Crippen molar-refractivity contribution in [3.63, 3.8) is 0 Å². The van der Waals surface area contributed by atoms with E-state index in [0.29, 0.717) is 10.8 Å². The van der Waals surface area contributed by atoms with E-state index in [9.17, 15) is 0 Å². The number of nitrogens with zero attached hydrogens (tertiary/aromatic N) is 1. The van der Waals surface area contributed by atoms with Gasteiger partial charge < -0.3 is 10.6 Å². The van der Waals surface area contributed by atoms with Crippen LogP contribution in [-0.4, -0.2) is 25.5 Å². The van der Waals surface area contributed by atoms with Crippen LogP contribution >= 0.6 is 0 Å². The maximum Gasteiger partial charge on any atom is 0.0967 e. The Morgan fingerprint density at radius 3 is 2.33 bits per heavy atom. The third-order valence-electron chi connectivity index (χ3n) is 3.80. The molecule has 0 saturated heterocycles. The number of rotatable bonds is 3. The molecule has 0 saturated carbocycles. The first-order valence-electron chi connectivity index (χ1n) is 7.07. The Balaban J connectivity index is 1.80. The maximum absolute atomic E-state index is 4.65. The lowest BCUT2D eigenvalue weighted by molar-refractivity contribution is 0.336. The number of nitrogens with one attached hydrogen (secondary N) is 2. The van der Waals surface area contributed by atoms with Gasteiger partial charge in [0.05, 0.1) is 5.84 Å². The van der Waals surface area contributed by atoms with Gasteiger partial charge in [0, 0.05) is 37.2 Å². The highest BCUT2D eigenvalue weighted by molar-refractivity contribution is 5.83. The summed E-state index contributed by atoms with van der Waals surface area (Å²) < 4.78 is 0. The topological polar surface area (TPSA) is 36.4 Å². The van der Waals surface area contributed by atoms with Gasteiger partial charge in [-0.3, -0.25) is 4.99 Å². The Morgan fingerprint density at radius 2 is 1.78 bits per heavy atom. The van der Waals surface area contributed by atoms with Crippen LogP contribution in [0.3, 0.4) is 0 Å². The van der Waals surface area contributed by atoms with E-state index in [1.54, 1.807) is 0 Å². The average molecular weight is 249 g/mol. The molecule has 0 atom stereocenters. The minimum Gasteiger partial charge on any atom is -0.388 e. The molecule has 3 heteroatoms. The van der Waals surface area contributed by atoms with Gasteiger partial charge in [0.15, 0.2) is 0 Å². The van der Waals surface area contributed by atoms with Crippen molar-refractivity contribution in [3.8, 4) is 0 Å². The van der Waals surface area contributed by atoms with Crippen molar-refractivity contribution in [2.24, 2.45) is 15.8 Å². The molecule has 0 unspecified atom stereocenters. The van der Waals surface area contributed by atoms with Gasteiger partial charge in [-0.1, -0.05) is 33.8 Å². The van der Waals surface area contributed by atoms with E-state index < -0.39 is 0 Å². The van der Waals surface area contributed by atoms with Crippen LogP contribution in [0.15, 0.2) is 16.8 Å². The van der Waals surface area contributed by atoms with Crippen molar-refractivity contribution in [2.45, 2.75) is 47.0 Å². The fourth-order valence-corrected chi connectivity index (χ4v) is 2.27. The summed E-state index contributed by atoms with van der Waals surface area (Å²) in [6.07, 6.45) is 5.66. The highest BCUT2D eigenvalue weighted by Crippen LogP contribution is 2.25. The second-order valence-electron chi connectivity index (χ2n) is 7.23. The van der Waals surface area contributed by atoms with E-state index in [1.165, 1.54) is 18.0 Å². The molecule has 2 heterocycles. The van der Waals surface area contributed by atoms with E-state index in [4.69, 9.17) is 0 Å². The molecule has 18 heavy (non-hydrogen) atoms. The summed E-state index contributed by atoms with van der Waals surface area (Å²) in [7, 11) is 0. The van der Waals surface area contributed by atoms with Gasteiger partial charge in [-0.05, 0) is 18.3 Å². The van der Waals surface area contributed by atoms with Crippen molar-refractivity contribution < 1.29 is 0 Å². The summed E-state index contributed by atoms with van der Waals surface area (Å²) in [5.74, 6) is 1.18. The third kappa shape index (κ3) is 3.76. The van der Waals surface area contributed by atoms with Crippen LogP contribution in [0.1, 0.15) is 47.0 Å². The van der Waals surface area contributed by atoms with E-state index in [-0.39, 0.29) is 0 Å². The predicted molar refractivity (Wildman–Crippen MR) is 77.8 cm³/mol. The predicted octanol–water partition coefficient (Wildman–Crippen LogP) is 2.70. The van der Waals surface area contributed by atoms with Gasteiger partial charge in [-0.2, -0.15) is 0 Å². The standard InChI is InChI=1S/C15H27N3/c1-14(2)8-7-12(16-9-14)5-6-13-17-10-15(3,4)11-18-13/h7,16H,5-6,8-11H2,1-4H3,(H,17,18). The molecule has 0 radical (unpaired) electrons. The molecule has 0 bridgehead atoms. The highest BCUT2D eigenvalue weighted by atomic mass is 15.0. The molecular formula is C15H27N3. The minimum atomic E-state index is 0.315. The molecule has 0 aliphatic carbocycles. The lowest BCUT2D eigenvalue weighted by Gasteiger charge is -2.31. The zero-order valence-corrected chi connectivity index (χ0v) is 12.3. The Morgan fingerprint density at radius 1 is 1.06 bits per heavy atom. The van der Waals surface area contributed by atoms with Gasteiger partial charge in [0.2, 0.25) is 0 Å². The molecule has 2 aliphatic rings. The van der Waals surface area contributed by atoms with E-state index in [1.807, 2.05) is 0 Å². The smallest absolute Gasteiger partial charge is 0.0967 e. The van der Waals surface area contributed by atoms with Crippen molar-refractivity contribution in [1.82, 2.24) is 10.6 Å². The van der Waals surface area contributed by atoms with Crippen LogP contribution in [-0.2, 0) is 0 Å². The monoisotopic (exact) mass is 249 g/mol. The van der Waals surface area contributed by atoms with Crippen molar-refractivity contribution in [2.75, 3.05) is 19.6 Å². The molecular weight excluding hydrogens is 222 g/mol. The lowest BCUT2D eigenvalue weighted by Crippen LogP contribution is -2.41. The number of aliphatic imine (C=N–C) groups is 1.